The quantitative estimate of drug-likeness (QED) is 0.459. The number of nitrogens with zero attached hydrogens (tertiary/aromatic N) is 4. The number of rotatable bonds is 4. The first kappa shape index (κ1) is 15.0. The molecule has 25 heavy (non-hydrogen) atoms. The van der Waals surface area contributed by atoms with Crippen LogP contribution in [-0.2, 0) is 6.42 Å². The normalized spacial score (nSPS) is 10.9. The van der Waals surface area contributed by atoms with Crippen LogP contribution in [0.3, 0.4) is 0 Å². The van der Waals surface area contributed by atoms with E-state index in [1.54, 1.807) is 41.3 Å². The topological polar surface area (TPSA) is 86.2 Å². The van der Waals surface area contributed by atoms with E-state index in [4.69, 9.17) is 5.73 Å². The molecule has 0 aliphatic heterocycles. The van der Waals surface area contributed by atoms with Gasteiger partial charge in [-0.25, -0.2) is 9.50 Å². The molecule has 122 valence electrons. The number of hydrogen-bond donors (Lipinski definition) is 1. The maximum absolute atomic E-state index is 12.7. The fourth-order valence-electron chi connectivity index (χ4n) is 2.78. The predicted molar refractivity (Wildman–Crippen MR) is 94.3 cm³/mol. The minimum absolute atomic E-state index is 0.191. The molecule has 6 nitrogen and oxygen atoms in total. The van der Waals surface area contributed by atoms with Crippen molar-refractivity contribution in [1.82, 2.24) is 19.6 Å². The van der Waals surface area contributed by atoms with Gasteiger partial charge in [-0.1, -0.05) is 18.2 Å². The monoisotopic (exact) mass is 329 g/mol. The van der Waals surface area contributed by atoms with E-state index in [2.05, 4.69) is 15.1 Å². The fraction of sp³-hybridized carbons (Fsp3) is 0.0526. The Hall–Kier alpha value is -3.54. The van der Waals surface area contributed by atoms with E-state index in [1.165, 1.54) is 0 Å². The summed E-state index contributed by atoms with van der Waals surface area (Å²) in [6, 6.07) is 14.8. The number of carbonyl (C=O) groups excluding carboxylic acids is 1. The summed E-state index contributed by atoms with van der Waals surface area (Å²) in [5.41, 5.74) is 9.90. The molecule has 0 saturated carbocycles. The van der Waals surface area contributed by atoms with Crippen molar-refractivity contribution in [2.45, 2.75) is 6.42 Å². The Morgan fingerprint density at radius 2 is 1.96 bits per heavy atom. The second-order valence-electron chi connectivity index (χ2n) is 5.70. The fourth-order valence-corrected chi connectivity index (χ4v) is 2.78. The average Bonchev–Trinajstić information content (AvgIpc) is 3.07. The van der Waals surface area contributed by atoms with Gasteiger partial charge in [-0.05, 0) is 35.9 Å². The van der Waals surface area contributed by atoms with Gasteiger partial charge in [0.15, 0.2) is 5.65 Å². The smallest absolute Gasteiger partial charge is 0.216 e. The molecule has 0 aliphatic rings. The minimum Gasteiger partial charge on any atom is -0.399 e. The number of nitrogen functional groups attached to an aromatic ring is 1. The van der Waals surface area contributed by atoms with Crippen molar-refractivity contribution < 1.29 is 4.79 Å². The molecule has 0 bridgehead atoms. The van der Waals surface area contributed by atoms with Gasteiger partial charge in [0, 0.05) is 24.5 Å². The van der Waals surface area contributed by atoms with Crippen molar-refractivity contribution in [2.75, 3.05) is 5.73 Å². The van der Waals surface area contributed by atoms with Crippen molar-refractivity contribution >= 4 is 17.1 Å². The molecular formula is C19H15N5O. The largest absolute Gasteiger partial charge is 0.399 e. The number of pyridine rings is 1. The average molecular weight is 329 g/mol. The van der Waals surface area contributed by atoms with E-state index in [0.29, 0.717) is 29.0 Å². The zero-order valence-electron chi connectivity index (χ0n) is 13.3. The van der Waals surface area contributed by atoms with Crippen LogP contribution in [0.5, 0.6) is 0 Å². The van der Waals surface area contributed by atoms with Gasteiger partial charge in [-0.3, -0.25) is 9.78 Å². The molecule has 0 atom stereocenters. The van der Waals surface area contributed by atoms with Crippen LogP contribution in [0.1, 0.15) is 27.3 Å². The molecule has 0 amide bonds. The molecule has 6 heteroatoms. The highest BCUT2D eigenvalue weighted by atomic mass is 16.1. The van der Waals surface area contributed by atoms with Crippen LogP contribution in [0, 0.1) is 0 Å². The first-order valence-corrected chi connectivity index (χ1v) is 7.84. The molecule has 0 radical (unpaired) electrons. The third kappa shape index (κ3) is 2.85. The second kappa shape index (κ2) is 6.16. The lowest BCUT2D eigenvalue weighted by atomic mass is 10.1. The van der Waals surface area contributed by atoms with Gasteiger partial charge in [-0.15, -0.1) is 0 Å². The first-order valence-electron chi connectivity index (χ1n) is 7.84. The van der Waals surface area contributed by atoms with Crippen molar-refractivity contribution in [2.24, 2.45) is 0 Å². The summed E-state index contributed by atoms with van der Waals surface area (Å²) in [6.07, 6.45) is 5.47. The summed E-state index contributed by atoms with van der Waals surface area (Å²) in [7, 11) is 0. The summed E-state index contributed by atoms with van der Waals surface area (Å²) in [5.74, 6) is -0.191. The van der Waals surface area contributed by atoms with E-state index >= 15 is 0 Å². The molecule has 3 heterocycles. The first-order chi connectivity index (χ1) is 12.2. The molecule has 0 spiro atoms. The van der Waals surface area contributed by atoms with Crippen LogP contribution >= 0.6 is 0 Å². The number of benzene rings is 1. The predicted octanol–water partition coefficient (Wildman–Crippen LogP) is 2.53. The van der Waals surface area contributed by atoms with Crippen LogP contribution in [0.25, 0.3) is 5.65 Å². The lowest BCUT2D eigenvalue weighted by Gasteiger charge is -2.06. The molecule has 2 N–H and O–H groups in total. The van der Waals surface area contributed by atoms with Gasteiger partial charge in [0.1, 0.15) is 5.69 Å². The summed E-state index contributed by atoms with van der Waals surface area (Å²) < 4.78 is 1.69. The molecular weight excluding hydrogens is 314 g/mol. The van der Waals surface area contributed by atoms with Crippen molar-refractivity contribution in [3.8, 4) is 0 Å². The number of anilines is 1. The number of nitrogens with two attached hydrogens (primary N) is 1. The Morgan fingerprint density at radius 3 is 2.76 bits per heavy atom. The number of hydrogen-bond acceptors (Lipinski definition) is 5. The van der Waals surface area contributed by atoms with Crippen LogP contribution in [0.2, 0.25) is 0 Å². The van der Waals surface area contributed by atoms with Crippen LogP contribution in [-0.4, -0.2) is 25.4 Å². The maximum atomic E-state index is 12.7. The van der Waals surface area contributed by atoms with Crippen LogP contribution in [0.4, 0.5) is 5.69 Å². The van der Waals surface area contributed by atoms with Gasteiger partial charge >= 0.3 is 0 Å². The standard InChI is InChI=1S/C19H15N5O/c20-14-5-3-4-13(10-14)11-15-7-9-22-19-16(12-23-24(15)19)18(25)17-6-1-2-8-21-17/h1-10,12H,11,20H2. The molecule has 0 fully saturated rings. The maximum Gasteiger partial charge on any atom is 0.216 e. The third-order valence-corrected chi connectivity index (χ3v) is 3.96. The number of aromatic nitrogens is 4. The van der Waals surface area contributed by atoms with Gasteiger partial charge in [-0.2, -0.15) is 5.10 Å². The second-order valence-corrected chi connectivity index (χ2v) is 5.70. The summed E-state index contributed by atoms with van der Waals surface area (Å²) in [5, 5.41) is 4.36. The van der Waals surface area contributed by atoms with Gasteiger partial charge in [0.05, 0.1) is 17.5 Å². The molecule has 4 aromatic rings. The number of fused-ring (bicyclic) bond motifs is 1. The third-order valence-electron chi connectivity index (χ3n) is 3.96. The molecule has 4 rings (SSSR count). The van der Waals surface area contributed by atoms with E-state index < -0.39 is 0 Å². The Bertz CT molecular complexity index is 1060. The van der Waals surface area contributed by atoms with Crippen LogP contribution in [0.15, 0.2) is 67.1 Å². The molecule has 1 aromatic carbocycles. The zero-order chi connectivity index (χ0) is 17.2. The summed E-state index contributed by atoms with van der Waals surface area (Å²) in [4.78, 5) is 21.1. The molecule has 0 saturated heterocycles. The van der Waals surface area contributed by atoms with Crippen molar-refractivity contribution in [3.05, 3.63) is 89.6 Å². The van der Waals surface area contributed by atoms with Crippen molar-refractivity contribution in [3.63, 3.8) is 0 Å². The van der Waals surface area contributed by atoms with Gasteiger partial charge < -0.3 is 5.73 Å². The van der Waals surface area contributed by atoms with E-state index in [0.717, 1.165) is 11.3 Å². The summed E-state index contributed by atoms with van der Waals surface area (Å²) in [6.45, 7) is 0. The highest BCUT2D eigenvalue weighted by molar-refractivity contribution is 6.11. The molecule has 0 aliphatic carbocycles. The van der Waals surface area contributed by atoms with Crippen molar-refractivity contribution in [1.29, 1.82) is 0 Å². The Labute approximate surface area is 144 Å². The number of carbonyl (C=O) groups is 1. The minimum atomic E-state index is -0.191. The van der Waals surface area contributed by atoms with E-state index in [9.17, 15) is 4.79 Å². The Kier molecular flexibility index (Phi) is 3.70. The molecule has 3 aromatic heterocycles. The number of ketones is 1. The van der Waals surface area contributed by atoms with E-state index in [-0.39, 0.29) is 5.78 Å². The Balaban J connectivity index is 1.74. The lowest BCUT2D eigenvalue weighted by molar-refractivity contribution is 0.103. The zero-order valence-corrected chi connectivity index (χ0v) is 13.3. The lowest BCUT2D eigenvalue weighted by Crippen LogP contribution is -2.05. The Morgan fingerprint density at radius 1 is 1.04 bits per heavy atom. The molecule has 0 unspecified atom stereocenters. The van der Waals surface area contributed by atoms with Crippen LogP contribution < -0.4 is 5.73 Å². The highest BCUT2D eigenvalue weighted by Crippen LogP contribution is 2.17. The van der Waals surface area contributed by atoms with E-state index in [1.807, 2.05) is 30.3 Å². The SMILES string of the molecule is Nc1cccc(Cc2ccnc3c(C(=O)c4ccccn4)cnn23)c1. The van der Waals surface area contributed by atoms with Gasteiger partial charge in [0.2, 0.25) is 5.78 Å². The highest BCUT2D eigenvalue weighted by Gasteiger charge is 2.18. The van der Waals surface area contributed by atoms with Gasteiger partial charge in [0.25, 0.3) is 0 Å². The summed E-state index contributed by atoms with van der Waals surface area (Å²) >= 11 is 0.